The molecule has 0 saturated heterocycles. The smallest absolute Gasteiger partial charge is 0.266 e. The Balaban J connectivity index is 1.59. The largest absolute Gasteiger partial charge is 0.478 e. The highest BCUT2D eigenvalue weighted by Gasteiger charge is 2.33. The number of halogens is 1. The summed E-state index contributed by atoms with van der Waals surface area (Å²) in [6.07, 6.45) is 2.12. The quantitative estimate of drug-likeness (QED) is 0.762. The highest BCUT2D eigenvalue weighted by Crippen LogP contribution is 2.23. The van der Waals surface area contributed by atoms with E-state index in [1.807, 2.05) is 12.1 Å². The highest BCUT2D eigenvalue weighted by atomic mass is 35.5. The third kappa shape index (κ3) is 5.26. The lowest BCUT2D eigenvalue weighted by molar-refractivity contribution is -0.144. The average molecular weight is 401 g/mol. The lowest BCUT2D eigenvalue weighted by Gasteiger charge is -2.30. The Bertz CT molecular complexity index is 843. The molecule has 1 N–H and O–H groups in total. The molecule has 3 rings (SSSR count). The summed E-state index contributed by atoms with van der Waals surface area (Å²) >= 11 is 5.89. The van der Waals surface area contributed by atoms with E-state index in [4.69, 9.17) is 16.3 Å². The molecule has 0 aliphatic heterocycles. The Kier molecular flexibility index (Phi) is 5.94. The predicted octanol–water partition coefficient (Wildman–Crippen LogP) is 4.05. The molecule has 6 heteroatoms. The first kappa shape index (κ1) is 20.2. The number of benzene rings is 2. The Morgan fingerprint density at radius 3 is 2.29 bits per heavy atom. The van der Waals surface area contributed by atoms with E-state index in [0.29, 0.717) is 28.9 Å². The summed E-state index contributed by atoms with van der Waals surface area (Å²) < 4.78 is 5.87. The van der Waals surface area contributed by atoms with Crippen LogP contribution in [0.15, 0.2) is 48.5 Å². The third-order valence-corrected chi connectivity index (χ3v) is 4.85. The second-order valence-corrected chi connectivity index (χ2v) is 8.11. The average Bonchev–Trinajstić information content (AvgIpc) is 3.47. The van der Waals surface area contributed by atoms with Crippen LogP contribution in [0.25, 0.3) is 0 Å². The molecule has 1 aliphatic rings. The zero-order chi connectivity index (χ0) is 20.3. The number of nitrogens with zero attached hydrogens (tertiary/aromatic N) is 1. The van der Waals surface area contributed by atoms with Gasteiger partial charge in [-0.05, 0) is 68.7 Å². The van der Waals surface area contributed by atoms with Crippen LogP contribution in [0, 0.1) is 0 Å². The molecule has 0 bridgehead atoms. The zero-order valence-electron chi connectivity index (χ0n) is 16.4. The number of hydrogen-bond acceptors (Lipinski definition) is 3. The van der Waals surface area contributed by atoms with Gasteiger partial charge in [0.1, 0.15) is 5.75 Å². The Morgan fingerprint density at radius 2 is 1.71 bits per heavy atom. The van der Waals surface area contributed by atoms with E-state index >= 15 is 0 Å². The van der Waals surface area contributed by atoms with E-state index in [1.54, 1.807) is 62.2 Å². The molecule has 28 heavy (non-hydrogen) atoms. The Morgan fingerprint density at radius 1 is 1.11 bits per heavy atom. The van der Waals surface area contributed by atoms with Gasteiger partial charge in [-0.15, -0.1) is 0 Å². The van der Waals surface area contributed by atoms with Crippen LogP contribution in [0.2, 0.25) is 5.02 Å². The van der Waals surface area contributed by atoms with E-state index in [1.165, 1.54) is 0 Å². The van der Waals surface area contributed by atoms with E-state index in [-0.39, 0.29) is 11.8 Å². The van der Waals surface area contributed by atoms with Crippen LogP contribution in [0.5, 0.6) is 5.75 Å². The standard InChI is InChI=1S/C22H25ClN2O3/c1-22(2,28-19-12-8-17(23)9-13-19)21(27)25(3)14-15-4-6-16(7-5-15)20(26)24-18-10-11-18/h4-9,12-13,18H,10-11,14H2,1-3H3,(H,24,26). The number of nitrogens with one attached hydrogen (secondary N) is 1. The summed E-state index contributed by atoms with van der Waals surface area (Å²) in [5.41, 5.74) is 0.560. The fourth-order valence-corrected chi connectivity index (χ4v) is 3.03. The van der Waals surface area contributed by atoms with Gasteiger partial charge < -0.3 is 15.0 Å². The fraction of sp³-hybridized carbons (Fsp3) is 0.364. The van der Waals surface area contributed by atoms with Gasteiger partial charge in [-0.2, -0.15) is 0 Å². The molecule has 2 amide bonds. The maximum Gasteiger partial charge on any atom is 0.266 e. The van der Waals surface area contributed by atoms with Gasteiger partial charge in [-0.1, -0.05) is 23.7 Å². The van der Waals surface area contributed by atoms with Crippen molar-refractivity contribution in [2.24, 2.45) is 0 Å². The lowest BCUT2D eigenvalue weighted by Crippen LogP contribution is -2.47. The minimum Gasteiger partial charge on any atom is -0.478 e. The normalized spacial score (nSPS) is 13.7. The van der Waals surface area contributed by atoms with Crippen molar-refractivity contribution in [2.45, 2.75) is 44.9 Å². The first-order valence-corrected chi connectivity index (χ1v) is 9.72. The molecule has 148 valence electrons. The molecule has 0 atom stereocenters. The molecule has 0 radical (unpaired) electrons. The topological polar surface area (TPSA) is 58.6 Å². The van der Waals surface area contributed by atoms with E-state index in [2.05, 4.69) is 5.32 Å². The molecule has 2 aromatic carbocycles. The van der Waals surface area contributed by atoms with Gasteiger partial charge in [0.15, 0.2) is 5.60 Å². The summed E-state index contributed by atoms with van der Waals surface area (Å²) in [6, 6.07) is 14.6. The van der Waals surface area contributed by atoms with Gasteiger partial charge in [-0.25, -0.2) is 0 Å². The molecule has 0 heterocycles. The van der Waals surface area contributed by atoms with Crippen LogP contribution in [0.1, 0.15) is 42.6 Å². The number of hydrogen-bond donors (Lipinski definition) is 1. The fourth-order valence-electron chi connectivity index (χ4n) is 2.90. The second kappa shape index (κ2) is 8.23. The number of likely N-dealkylation sites (N-methyl/N-ethyl adjacent to an activating group) is 1. The number of carbonyl (C=O) groups is 2. The van der Waals surface area contributed by atoms with Crippen LogP contribution < -0.4 is 10.1 Å². The maximum absolute atomic E-state index is 12.9. The molecular weight excluding hydrogens is 376 g/mol. The Labute approximate surface area is 170 Å². The van der Waals surface area contributed by atoms with Crippen molar-refractivity contribution < 1.29 is 14.3 Å². The number of carbonyl (C=O) groups excluding carboxylic acids is 2. The molecule has 1 fully saturated rings. The summed E-state index contributed by atoms with van der Waals surface area (Å²) in [6.45, 7) is 3.91. The van der Waals surface area contributed by atoms with Crippen LogP contribution in [-0.2, 0) is 11.3 Å². The van der Waals surface area contributed by atoms with Crippen molar-refractivity contribution in [1.82, 2.24) is 10.2 Å². The second-order valence-electron chi connectivity index (χ2n) is 7.67. The van der Waals surface area contributed by atoms with Gasteiger partial charge >= 0.3 is 0 Å². The molecule has 0 aromatic heterocycles. The van der Waals surface area contributed by atoms with Crippen LogP contribution >= 0.6 is 11.6 Å². The van der Waals surface area contributed by atoms with Crippen molar-refractivity contribution in [3.63, 3.8) is 0 Å². The summed E-state index contributed by atoms with van der Waals surface area (Å²) in [5.74, 6) is 0.399. The first-order chi connectivity index (χ1) is 13.2. The van der Waals surface area contributed by atoms with Crippen LogP contribution in [-0.4, -0.2) is 35.4 Å². The first-order valence-electron chi connectivity index (χ1n) is 9.34. The molecule has 5 nitrogen and oxygen atoms in total. The van der Waals surface area contributed by atoms with Crippen molar-refractivity contribution in [1.29, 1.82) is 0 Å². The van der Waals surface area contributed by atoms with E-state index in [0.717, 1.165) is 18.4 Å². The summed E-state index contributed by atoms with van der Waals surface area (Å²) in [7, 11) is 1.74. The zero-order valence-corrected chi connectivity index (χ0v) is 17.1. The van der Waals surface area contributed by atoms with Crippen molar-refractivity contribution >= 4 is 23.4 Å². The van der Waals surface area contributed by atoms with Crippen molar-refractivity contribution in [3.8, 4) is 5.75 Å². The van der Waals surface area contributed by atoms with Gasteiger partial charge in [0.2, 0.25) is 0 Å². The van der Waals surface area contributed by atoms with Gasteiger partial charge in [0.25, 0.3) is 11.8 Å². The monoisotopic (exact) mass is 400 g/mol. The van der Waals surface area contributed by atoms with Crippen molar-refractivity contribution in [2.75, 3.05) is 7.05 Å². The molecule has 2 aromatic rings. The van der Waals surface area contributed by atoms with Gasteiger partial charge in [0, 0.05) is 30.2 Å². The maximum atomic E-state index is 12.9. The molecular formula is C22H25ClN2O3. The minimum absolute atomic E-state index is 0.0454. The summed E-state index contributed by atoms with van der Waals surface area (Å²) in [5, 5.41) is 3.58. The molecule has 0 spiro atoms. The van der Waals surface area contributed by atoms with E-state index in [9.17, 15) is 9.59 Å². The van der Waals surface area contributed by atoms with Gasteiger partial charge in [-0.3, -0.25) is 9.59 Å². The SMILES string of the molecule is CN(Cc1ccc(C(=O)NC2CC2)cc1)C(=O)C(C)(C)Oc1ccc(Cl)cc1. The molecule has 0 unspecified atom stereocenters. The van der Waals surface area contributed by atoms with Gasteiger partial charge in [0.05, 0.1) is 0 Å². The molecule has 1 aliphatic carbocycles. The Hall–Kier alpha value is -2.53. The third-order valence-electron chi connectivity index (χ3n) is 4.60. The number of amides is 2. The highest BCUT2D eigenvalue weighted by molar-refractivity contribution is 6.30. The molecule has 1 saturated carbocycles. The minimum atomic E-state index is -1.02. The number of rotatable bonds is 7. The summed E-state index contributed by atoms with van der Waals surface area (Å²) in [4.78, 5) is 26.5. The lowest BCUT2D eigenvalue weighted by atomic mass is 10.1. The number of ether oxygens (including phenoxy) is 1. The predicted molar refractivity (Wildman–Crippen MR) is 110 cm³/mol. The van der Waals surface area contributed by atoms with Crippen molar-refractivity contribution in [3.05, 3.63) is 64.7 Å². The van der Waals surface area contributed by atoms with Crippen LogP contribution in [0.4, 0.5) is 0 Å². The van der Waals surface area contributed by atoms with Crippen LogP contribution in [0.3, 0.4) is 0 Å². The van der Waals surface area contributed by atoms with E-state index < -0.39 is 5.60 Å².